The fraction of sp³-hybridized carbons (Fsp3) is 0.522. The van der Waals surface area contributed by atoms with Crippen LogP contribution in [-0.4, -0.2) is 15.9 Å². The highest BCUT2D eigenvalue weighted by Crippen LogP contribution is 2.39. The van der Waals surface area contributed by atoms with Gasteiger partial charge in [0.05, 0.1) is 17.1 Å². The minimum Gasteiger partial charge on any atom is -0.309 e. The molecule has 1 heterocycles. The van der Waals surface area contributed by atoms with E-state index in [1.807, 2.05) is 19.9 Å². The lowest BCUT2D eigenvalue weighted by Crippen LogP contribution is -2.21. The molecule has 4 rings (SSSR count). The maximum absolute atomic E-state index is 13.7. The zero-order chi connectivity index (χ0) is 19.7. The predicted molar refractivity (Wildman–Crippen MR) is 109 cm³/mol. The first-order valence-corrected chi connectivity index (χ1v) is 10.5. The quantitative estimate of drug-likeness (QED) is 0.770. The summed E-state index contributed by atoms with van der Waals surface area (Å²) in [5.41, 5.74) is 4.65. The van der Waals surface area contributed by atoms with Crippen LogP contribution in [0.4, 0.5) is 10.2 Å². The first-order valence-electron chi connectivity index (χ1n) is 10.5. The van der Waals surface area contributed by atoms with Gasteiger partial charge in [-0.15, -0.1) is 0 Å². The van der Waals surface area contributed by atoms with Crippen LogP contribution in [0, 0.1) is 11.7 Å². The van der Waals surface area contributed by atoms with Crippen LogP contribution in [0.25, 0.3) is 11.3 Å². The van der Waals surface area contributed by atoms with Crippen molar-refractivity contribution >= 4 is 11.7 Å². The van der Waals surface area contributed by atoms with Crippen LogP contribution in [0.15, 0.2) is 18.2 Å². The van der Waals surface area contributed by atoms with E-state index in [2.05, 4.69) is 5.32 Å². The summed E-state index contributed by atoms with van der Waals surface area (Å²) in [4.78, 5) is 22.4. The summed E-state index contributed by atoms with van der Waals surface area (Å²) in [7, 11) is 0. The van der Waals surface area contributed by atoms with Gasteiger partial charge in [-0.05, 0) is 55.4 Å². The van der Waals surface area contributed by atoms with E-state index in [0.29, 0.717) is 24.1 Å². The maximum atomic E-state index is 13.7. The Labute approximate surface area is 166 Å². The number of nitrogens with one attached hydrogen (secondary N) is 1. The predicted octanol–water partition coefficient (Wildman–Crippen LogP) is 5.41. The Kier molecular flexibility index (Phi) is 5.42. The number of anilines is 1. The summed E-state index contributed by atoms with van der Waals surface area (Å²) in [5, 5.41) is 3.05. The van der Waals surface area contributed by atoms with Crippen LogP contribution in [-0.2, 0) is 17.6 Å². The molecule has 0 saturated heterocycles. The molecule has 0 radical (unpaired) electrons. The molecule has 1 aromatic carbocycles. The van der Waals surface area contributed by atoms with Crippen molar-refractivity contribution in [3.63, 3.8) is 0 Å². The van der Waals surface area contributed by atoms with Crippen molar-refractivity contribution < 1.29 is 9.18 Å². The van der Waals surface area contributed by atoms with E-state index < -0.39 is 0 Å². The summed E-state index contributed by atoms with van der Waals surface area (Å²) in [6, 6.07) is 4.92. The molecule has 0 bridgehead atoms. The van der Waals surface area contributed by atoms with Crippen molar-refractivity contribution in [3.05, 3.63) is 41.0 Å². The average molecular weight is 381 g/mol. The van der Waals surface area contributed by atoms with Gasteiger partial charge in [0.15, 0.2) is 5.82 Å². The van der Waals surface area contributed by atoms with Crippen molar-refractivity contribution in [2.24, 2.45) is 5.92 Å². The Morgan fingerprint density at radius 1 is 1.18 bits per heavy atom. The van der Waals surface area contributed by atoms with Gasteiger partial charge in [0, 0.05) is 17.9 Å². The highest BCUT2D eigenvalue weighted by atomic mass is 19.1. The molecule has 1 saturated carbocycles. The molecule has 0 atom stereocenters. The van der Waals surface area contributed by atoms with Gasteiger partial charge < -0.3 is 5.32 Å². The molecule has 0 aliphatic heterocycles. The number of benzene rings is 1. The lowest BCUT2D eigenvalue weighted by Gasteiger charge is -2.26. The van der Waals surface area contributed by atoms with Crippen LogP contribution in [0.1, 0.15) is 75.2 Å². The average Bonchev–Trinajstić information content (AvgIpc) is 2.67. The summed E-state index contributed by atoms with van der Waals surface area (Å²) >= 11 is 0. The Morgan fingerprint density at radius 2 is 1.96 bits per heavy atom. The molecule has 2 aliphatic carbocycles. The van der Waals surface area contributed by atoms with Crippen molar-refractivity contribution in [2.45, 2.75) is 71.1 Å². The minimum absolute atomic E-state index is 0.000380. The molecular weight excluding hydrogens is 353 g/mol. The van der Waals surface area contributed by atoms with Crippen LogP contribution in [0.5, 0.6) is 0 Å². The molecule has 2 aromatic rings. The number of hydrogen-bond donors (Lipinski definition) is 1. The van der Waals surface area contributed by atoms with Crippen LogP contribution in [0.3, 0.4) is 0 Å². The van der Waals surface area contributed by atoms with E-state index in [9.17, 15) is 9.18 Å². The molecule has 5 heteroatoms. The van der Waals surface area contributed by atoms with E-state index in [1.54, 1.807) is 6.07 Å². The summed E-state index contributed by atoms with van der Waals surface area (Å²) in [6.07, 6.45) is 7.73. The number of carbonyl (C=O) groups is 1. The monoisotopic (exact) mass is 381 g/mol. The molecular formula is C23H28FN3O. The van der Waals surface area contributed by atoms with Gasteiger partial charge in [0.1, 0.15) is 5.82 Å². The Hall–Kier alpha value is -2.30. The number of aryl methyl sites for hydroxylation is 2. The molecule has 1 N–H and O–H groups in total. The molecule has 1 fully saturated rings. The SMILES string of the molecule is CC(C)CC(=O)Nc1nc2c(nc1C1CCCCC1)-c1ccc(F)cc1CC2. The van der Waals surface area contributed by atoms with E-state index >= 15 is 0 Å². The van der Waals surface area contributed by atoms with E-state index in [1.165, 1.54) is 25.3 Å². The van der Waals surface area contributed by atoms with Crippen molar-refractivity contribution in [1.82, 2.24) is 9.97 Å². The topological polar surface area (TPSA) is 54.9 Å². The number of fused-ring (bicyclic) bond motifs is 3. The van der Waals surface area contributed by atoms with Gasteiger partial charge >= 0.3 is 0 Å². The van der Waals surface area contributed by atoms with Crippen LogP contribution < -0.4 is 5.32 Å². The van der Waals surface area contributed by atoms with Gasteiger partial charge in [-0.3, -0.25) is 4.79 Å². The van der Waals surface area contributed by atoms with Crippen molar-refractivity contribution in [3.8, 4) is 11.3 Å². The Balaban J connectivity index is 1.76. The first kappa shape index (κ1) is 19.0. The van der Waals surface area contributed by atoms with Gasteiger partial charge in [-0.2, -0.15) is 0 Å². The van der Waals surface area contributed by atoms with E-state index in [-0.39, 0.29) is 11.7 Å². The molecule has 2 aliphatic rings. The molecule has 0 spiro atoms. The van der Waals surface area contributed by atoms with Crippen molar-refractivity contribution in [2.75, 3.05) is 5.32 Å². The fourth-order valence-electron chi connectivity index (χ4n) is 4.43. The number of rotatable bonds is 4. The molecule has 0 unspecified atom stereocenters. The second-order valence-corrected chi connectivity index (χ2v) is 8.54. The second-order valence-electron chi connectivity index (χ2n) is 8.54. The maximum Gasteiger partial charge on any atom is 0.225 e. The number of hydrogen-bond acceptors (Lipinski definition) is 3. The zero-order valence-electron chi connectivity index (χ0n) is 16.7. The highest BCUT2D eigenvalue weighted by Gasteiger charge is 2.27. The second kappa shape index (κ2) is 7.98. The summed E-state index contributed by atoms with van der Waals surface area (Å²) in [5.74, 6) is 1.05. The van der Waals surface area contributed by atoms with Gasteiger partial charge in [-0.25, -0.2) is 14.4 Å². The van der Waals surface area contributed by atoms with Crippen LogP contribution in [0.2, 0.25) is 0 Å². The number of carbonyl (C=O) groups excluding carboxylic acids is 1. The summed E-state index contributed by atoms with van der Waals surface area (Å²) in [6.45, 7) is 4.08. The normalized spacial score (nSPS) is 16.6. The van der Waals surface area contributed by atoms with Gasteiger partial charge in [-0.1, -0.05) is 33.1 Å². The molecule has 1 aromatic heterocycles. The largest absolute Gasteiger partial charge is 0.309 e. The third-order valence-electron chi connectivity index (χ3n) is 5.79. The molecule has 1 amide bonds. The van der Waals surface area contributed by atoms with E-state index in [4.69, 9.17) is 9.97 Å². The van der Waals surface area contributed by atoms with Gasteiger partial charge in [0.25, 0.3) is 0 Å². The molecule has 148 valence electrons. The molecule has 28 heavy (non-hydrogen) atoms. The standard InChI is InChI=1S/C23H28FN3O/c1-14(2)12-20(28)26-23-21(15-6-4-3-5-7-15)27-22-18-10-9-17(24)13-16(18)8-11-19(22)25-23/h9-10,13-15H,3-8,11-12H2,1-2H3,(H,25,26,28). The molecule has 4 nitrogen and oxygen atoms in total. The number of nitrogens with zero attached hydrogens (tertiary/aromatic N) is 2. The Bertz CT molecular complexity index is 888. The highest BCUT2D eigenvalue weighted by molar-refractivity contribution is 5.90. The Morgan fingerprint density at radius 3 is 2.71 bits per heavy atom. The number of amides is 1. The summed E-state index contributed by atoms with van der Waals surface area (Å²) < 4.78 is 13.7. The third kappa shape index (κ3) is 3.94. The van der Waals surface area contributed by atoms with Gasteiger partial charge in [0.2, 0.25) is 5.91 Å². The van der Waals surface area contributed by atoms with Crippen molar-refractivity contribution in [1.29, 1.82) is 0 Å². The third-order valence-corrected chi connectivity index (χ3v) is 5.79. The number of aromatic nitrogens is 2. The van der Waals surface area contributed by atoms with Crippen LogP contribution >= 0.6 is 0 Å². The zero-order valence-corrected chi connectivity index (χ0v) is 16.7. The fourth-order valence-corrected chi connectivity index (χ4v) is 4.43. The smallest absolute Gasteiger partial charge is 0.225 e. The van der Waals surface area contributed by atoms with E-state index in [0.717, 1.165) is 53.9 Å². The first-order chi connectivity index (χ1) is 13.5. The number of halogens is 1. The lowest BCUT2D eigenvalue weighted by molar-refractivity contribution is -0.116. The lowest BCUT2D eigenvalue weighted by atomic mass is 9.85. The minimum atomic E-state index is -0.208.